The zero-order valence-electron chi connectivity index (χ0n) is 10.7. The first kappa shape index (κ1) is 12.3. The van der Waals surface area contributed by atoms with Gasteiger partial charge in [-0.25, -0.2) is 0 Å². The molecule has 0 aromatic heterocycles. The van der Waals surface area contributed by atoms with Crippen LogP contribution in [0.2, 0.25) is 0 Å². The predicted octanol–water partition coefficient (Wildman–Crippen LogP) is 1.37. The van der Waals surface area contributed by atoms with Gasteiger partial charge in [0.15, 0.2) is 0 Å². The molecule has 2 bridgehead atoms. The Morgan fingerprint density at radius 2 is 1.88 bits per heavy atom. The van der Waals surface area contributed by atoms with Crippen molar-refractivity contribution in [2.24, 2.45) is 22.7 Å². The van der Waals surface area contributed by atoms with E-state index in [9.17, 15) is 14.4 Å². The molecule has 0 spiro atoms. The lowest BCUT2D eigenvalue weighted by Crippen LogP contribution is -2.62. The highest BCUT2D eigenvalue weighted by molar-refractivity contribution is 6.06. The van der Waals surface area contributed by atoms with Gasteiger partial charge >= 0.3 is 5.97 Å². The van der Waals surface area contributed by atoms with Gasteiger partial charge in [0.05, 0.1) is 13.0 Å². The molecule has 3 unspecified atom stereocenters. The lowest BCUT2D eigenvalue weighted by Gasteiger charge is -2.54. The van der Waals surface area contributed by atoms with E-state index in [2.05, 4.69) is 0 Å². The van der Waals surface area contributed by atoms with Gasteiger partial charge in [0.2, 0.25) is 0 Å². The van der Waals surface area contributed by atoms with Crippen molar-refractivity contribution in [3.63, 3.8) is 0 Å². The molecule has 3 fully saturated rings. The van der Waals surface area contributed by atoms with Crippen LogP contribution >= 0.6 is 0 Å². The average Bonchev–Trinajstić information content (AvgIpc) is 2.24. The van der Waals surface area contributed by atoms with E-state index in [-0.39, 0.29) is 29.9 Å². The van der Waals surface area contributed by atoms with Crippen LogP contribution in [0, 0.1) is 22.7 Å². The molecule has 0 aliphatic heterocycles. The van der Waals surface area contributed by atoms with E-state index >= 15 is 0 Å². The van der Waals surface area contributed by atoms with Crippen molar-refractivity contribution < 1.29 is 19.1 Å². The van der Waals surface area contributed by atoms with Gasteiger partial charge in [0.1, 0.15) is 11.6 Å². The van der Waals surface area contributed by atoms with Gasteiger partial charge in [-0.3, -0.25) is 14.4 Å². The Morgan fingerprint density at radius 1 is 1.29 bits per heavy atom. The first-order valence-electron chi connectivity index (χ1n) is 5.90. The van der Waals surface area contributed by atoms with E-state index < -0.39 is 16.7 Å². The van der Waals surface area contributed by atoms with Gasteiger partial charge in [-0.05, 0) is 6.42 Å². The fraction of sp³-hybridized carbons (Fsp3) is 0.769. The number of methoxy groups -OCH3 is 1. The minimum absolute atomic E-state index is 0.0243. The van der Waals surface area contributed by atoms with E-state index in [0.717, 1.165) is 0 Å². The largest absolute Gasteiger partial charge is 0.469 e. The standard InChI is InChI=1S/C13H18O4/c1-12(2)7-5-8(10(15)17-4)13(3,11(12)16)6-9(7)14/h7-8H,5-6H2,1-4H3. The highest BCUT2D eigenvalue weighted by Crippen LogP contribution is 2.57. The Bertz CT molecular complexity index is 410. The van der Waals surface area contributed by atoms with Crippen LogP contribution in [-0.2, 0) is 19.1 Å². The van der Waals surface area contributed by atoms with E-state index in [1.165, 1.54) is 7.11 Å². The normalized spacial score (nSPS) is 39.3. The van der Waals surface area contributed by atoms with E-state index in [0.29, 0.717) is 6.42 Å². The van der Waals surface area contributed by atoms with Crippen molar-refractivity contribution in [1.82, 2.24) is 0 Å². The molecule has 94 valence electrons. The Balaban J connectivity index is 2.47. The minimum atomic E-state index is -0.873. The lowest BCUT2D eigenvalue weighted by molar-refractivity contribution is -0.178. The van der Waals surface area contributed by atoms with Crippen LogP contribution in [0.4, 0.5) is 0 Å². The van der Waals surface area contributed by atoms with Crippen LogP contribution in [0.15, 0.2) is 0 Å². The molecule has 4 nitrogen and oxygen atoms in total. The molecule has 0 radical (unpaired) electrons. The average molecular weight is 238 g/mol. The Kier molecular flexibility index (Phi) is 2.46. The Labute approximate surface area is 101 Å². The molecule has 17 heavy (non-hydrogen) atoms. The molecule has 0 N–H and O–H groups in total. The van der Waals surface area contributed by atoms with E-state index in [1.807, 2.05) is 13.8 Å². The number of rotatable bonds is 1. The molecule has 4 heteroatoms. The number of carbonyl (C=O) groups is 3. The summed E-state index contributed by atoms with van der Waals surface area (Å²) in [5.41, 5.74) is -1.52. The maximum atomic E-state index is 12.4. The van der Waals surface area contributed by atoms with Crippen molar-refractivity contribution in [3.05, 3.63) is 0 Å². The summed E-state index contributed by atoms with van der Waals surface area (Å²) in [6.07, 6.45) is 0.625. The topological polar surface area (TPSA) is 60.4 Å². The van der Waals surface area contributed by atoms with Crippen LogP contribution in [0.3, 0.4) is 0 Å². The molecule has 3 atom stereocenters. The molecule has 0 aromatic carbocycles. The third-order valence-electron chi connectivity index (χ3n) is 4.63. The molecular weight excluding hydrogens is 220 g/mol. The fourth-order valence-electron chi connectivity index (χ4n) is 3.56. The van der Waals surface area contributed by atoms with Crippen molar-refractivity contribution in [3.8, 4) is 0 Å². The summed E-state index contributed by atoms with van der Waals surface area (Å²) < 4.78 is 4.76. The Morgan fingerprint density at radius 3 is 2.41 bits per heavy atom. The molecule has 3 saturated carbocycles. The van der Waals surface area contributed by atoms with Crippen molar-refractivity contribution in [2.45, 2.75) is 33.6 Å². The van der Waals surface area contributed by atoms with Crippen LogP contribution in [0.5, 0.6) is 0 Å². The molecule has 3 rings (SSSR count). The van der Waals surface area contributed by atoms with Gasteiger partial charge in [0.25, 0.3) is 0 Å². The number of ether oxygens (including phenoxy) is 1. The molecule has 0 aromatic rings. The van der Waals surface area contributed by atoms with Crippen molar-refractivity contribution in [1.29, 1.82) is 0 Å². The summed E-state index contributed by atoms with van der Waals surface area (Å²) in [5.74, 6) is -1.03. The second kappa shape index (κ2) is 3.40. The summed E-state index contributed by atoms with van der Waals surface area (Å²) in [5, 5.41) is 0. The summed E-state index contributed by atoms with van der Waals surface area (Å²) in [4.78, 5) is 36.2. The third-order valence-corrected chi connectivity index (χ3v) is 4.63. The van der Waals surface area contributed by atoms with Crippen molar-refractivity contribution >= 4 is 17.5 Å². The first-order valence-corrected chi connectivity index (χ1v) is 5.90. The van der Waals surface area contributed by atoms with E-state index in [4.69, 9.17) is 4.74 Å². The number of hydrogen-bond acceptors (Lipinski definition) is 4. The quantitative estimate of drug-likeness (QED) is 0.647. The monoisotopic (exact) mass is 238 g/mol. The van der Waals surface area contributed by atoms with Gasteiger partial charge in [-0.15, -0.1) is 0 Å². The van der Waals surface area contributed by atoms with Crippen molar-refractivity contribution in [2.75, 3.05) is 7.11 Å². The third kappa shape index (κ3) is 1.39. The SMILES string of the molecule is COC(=O)C1CC2C(=O)CC1(C)C(=O)C2(C)C. The fourth-order valence-corrected chi connectivity index (χ4v) is 3.56. The highest BCUT2D eigenvalue weighted by atomic mass is 16.5. The Hall–Kier alpha value is -1.19. The van der Waals surface area contributed by atoms with Gasteiger partial charge in [-0.1, -0.05) is 20.8 Å². The molecule has 0 saturated heterocycles. The summed E-state index contributed by atoms with van der Waals surface area (Å²) in [6.45, 7) is 5.34. The maximum Gasteiger partial charge on any atom is 0.309 e. The number of ketones is 2. The predicted molar refractivity (Wildman–Crippen MR) is 60.1 cm³/mol. The molecule has 0 heterocycles. The number of esters is 1. The number of Topliss-reactive ketones (excluding diaryl/α,β-unsaturated/α-hetero) is 2. The number of fused-ring (bicyclic) bond motifs is 3. The lowest BCUT2D eigenvalue weighted by atomic mass is 9.46. The molecular formula is C13H18O4. The van der Waals surface area contributed by atoms with Crippen LogP contribution < -0.4 is 0 Å². The molecule has 0 amide bonds. The molecule has 3 aliphatic carbocycles. The summed E-state index contributed by atoms with van der Waals surface area (Å²) >= 11 is 0. The zero-order valence-corrected chi connectivity index (χ0v) is 10.7. The number of hydrogen-bond donors (Lipinski definition) is 0. The van der Waals surface area contributed by atoms with Gasteiger partial charge in [0, 0.05) is 23.2 Å². The van der Waals surface area contributed by atoms with Crippen LogP contribution in [0.25, 0.3) is 0 Å². The smallest absolute Gasteiger partial charge is 0.309 e. The highest BCUT2D eigenvalue weighted by Gasteiger charge is 2.64. The minimum Gasteiger partial charge on any atom is -0.469 e. The van der Waals surface area contributed by atoms with Crippen LogP contribution in [0.1, 0.15) is 33.6 Å². The summed E-state index contributed by atoms with van der Waals surface area (Å²) in [6, 6.07) is 0. The second-order valence-corrected chi connectivity index (χ2v) is 5.98. The van der Waals surface area contributed by atoms with Crippen LogP contribution in [-0.4, -0.2) is 24.6 Å². The van der Waals surface area contributed by atoms with E-state index in [1.54, 1.807) is 6.92 Å². The van der Waals surface area contributed by atoms with Gasteiger partial charge in [-0.2, -0.15) is 0 Å². The molecule has 3 aliphatic rings. The second-order valence-electron chi connectivity index (χ2n) is 5.98. The maximum absolute atomic E-state index is 12.4. The summed E-state index contributed by atoms with van der Waals surface area (Å²) in [7, 11) is 1.32. The zero-order chi connectivity index (χ0) is 13.0. The van der Waals surface area contributed by atoms with Gasteiger partial charge < -0.3 is 4.74 Å². The number of carbonyl (C=O) groups excluding carboxylic acids is 3. The first-order chi connectivity index (χ1) is 7.75.